The Morgan fingerprint density at radius 2 is 2.00 bits per heavy atom. The van der Waals surface area contributed by atoms with Gasteiger partial charge < -0.3 is 9.47 Å². The molecule has 3 nitrogen and oxygen atoms in total. The van der Waals surface area contributed by atoms with E-state index in [1.807, 2.05) is 0 Å². The molecule has 0 saturated carbocycles. The minimum Gasteiger partial charge on any atom is -0.493 e. The first-order valence-corrected chi connectivity index (χ1v) is 4.86. The molecule has 0 unspecified atom stereocenters. The molecule has 0 aromatic heterocycles. The summed E-state index contributed by atoms with van der Waals surface area (Å²) in [7, 11) is 3.06. The van der Waals surface area contributed by atoms with Crippen molar-refractivity contribution < 1.29 is 14.3 Å². The number of hydrogen-bond donors (Lipinski definition) is 0. The summed E-state index contributed by atoms with van der Waals surface area (Å²) in [5, 5.41) is 0.452. The summed E-state index contributed by atoms with van der Waals surface area (Å²) < 4.78 is 10.2. The van der Waals surface area contributed by atoms with Crippen LogP contribution in [0.5, 0.6) is 11.5 Å². The van der Waals surface area contributed by atoms with Crippen LogP contribution in [0.4, 0.5) is 0 Å². The van der Waals surface area contributed by atoms with Crippen LogP contribution in [0.15, 0.2) is 12.1 Å². The summed E-state index contributed by atoms with van der Waals surface area (Å²) in [6, 6.07) is 3.47. The molecule has 1 aromatic rings. The highest BCUT2D eigenvalue weighted by Gasteiger charge is 2.11. The standard InChI is InChI=1S/C11H13ClO3/c1-7(13)4-8-5-9(12)11(15-3)10(6-8)14-2/h5-6H,4H2,1-3H3. The topological polar surface area (TPSA) is 35.5 Å². The third-order valence-corrected chi connectivity index (χ3v) is 2.23. The van der Waals surface area contributed by atoms with Crippen LogP contribution < -0.4 is 9.47 Å². The van der Waals surface area contributed by atoms with Gasteiger partial charge in [0.1, 0.15) is 5.78 Å². The van der Waals surface area contributed by atoms with Crippen LogP contribution in [0.2, 0.25) is 5.02 Å². The SMILES string of the molecule is COc1cc(CC(C)=O)cc(Cl)c1OC. The molecule has 0 N–H and O–H groups in total. The number of ether oxygens (including phenoxy) is 2. The van der Waals surface area contributed by atoms with Crippen molar-refractivity contribution >= 4 is 17.4 Å². The molecule has 0 aliphatic carbocycles. The van der Waals surface area contributed by atoms with Crippen LogP contribution in [-0.2, 0) is 11.2 Å². The van der Waals surface area contributed by atoms with E-state index in [0.717, 1.165) is 5.56 Å². The average Bonchev–Trinajstić information content (AvgIpc) is 2.15. The van der Waals surface area contributed by atoms with Crippen LogP contribution >= 0.6 is 11.6 Å². The van der Waals surface area contributed by atoms with Gasteiger partial charge in [-0.15, -0.1) is 0 Å². The molecule has 4 heteroatoms. The van der Waals surface area contributed by atoms with Gasteiger partial charge in [0.15, 0.2) is 11.5 Å². The van der Waals surface area contributed by atoms with Gasteiger partial charge in [0, 0.05) is 6.42 Å². The van der Waals surface area contributed by atoms with Gasteiger partial charge in [-0.25, -0.2) is 0 Å². The molecule has 1 aromatic carbocycles. The number of benzene rings is 1. The van der Waals surface area contributed by atoms with E-state index in [-0.39, 0.29) is 5.78 Å². The number of ketones is 1. The smallest absolute Gasteiger partial charge is 0.179 e. The molecular weight excluding hydrogens is 216 g/mol. The lowest BCUT2D eigenvalue weighted by molar-refractivity contribution is -0.116. The highest BCUT2D eigenvalue weighted by atomic mass is 35.5. The zero-order valence-corrected chi connectivity index (χ0v) is 9.72. The van der Waals surface area contributed by atoms with Crippen LogP contribution in [0.1, 0.15) is 12.5 Å². The van der Waals surface area contributed by atoms with E-state index in [9.17, 15) is 4.79 Å². The molecular formula is C11H13ClO3. The highest BCUT2D eigenvalue weighted by Crippen LogP contribution is 2.36. The quantitative estimate of drug-likeness (QED) is 0.794. The second-order valence-corrected chi connectivity index (χ2v) is 3.60. The summed E-state index contributed by atoms with van der Waals surface area (Å²) in [6.45, 7) is 1.53. The maximum absolute atomic E-state index is 11.0. The Kier molecular flexibility index (Phi) is 3.97. The minimum absolute atomic E-state index is 0.0817. The molecule has 0 spiro atoms. The van der Waals surface area contributed by atoms with Crippen molar-refractivity contribution in [2.24, 2.45) is 0 Å². The first-order valence-electron chi connectivity index (χ1n) is 4.48. The molecule has 0 saturated heterocycles. The van der Waals surface area contributed by atoms with Gasteiger partial charge >= 0.3 is 0 Å². The van der Waals surface area contributed by atoms with Gasteiger partial charge in [0.25, 0.3) is 0 Å². The zero-order chi connectivity index (χ0) is 11.4. The van der Waals surface area contributed by atoms with Crippen molar-refractivity contribution in [2.75, 3.05) is 14.2 Å². The molecule has 0 heterocycles. The molecule has 1 rings (SSSR count). The number of carbonyl (C=O) groups excluding carboxylic acids is 1. The Morgan fingerprint density at radius 3 is 2.47 bits per heavy atom. The molecule has 0 aliphatic heterocycles. The van der Waals surface area contributed by atoms with E-state index >= 15 is 0 Å². The second kappa shape index (κ2) is 5.03. The lowest BCUT2D eigenvalue weighted by Gasteiger charge is -2.10. The largest absolute Gasteiger partial charge is 0.493 e. The van der Waals surface area contributed by atoms with Gasteiger partial charge in [-0.2, -0.15) is 0 Å². The molecule has 0 amide bonds. The van der Waals surface area contributed by atoms with E-state index in [4.69, 9.17) is 21.1 Å². The second-order valence-electron chi connectivity index (χ2n) is 3.19. The fourth-order valence-electron chi connectivity index (χ4n) is 1.36. The number of methoxy groups -OCH3 is 2. The molecule has 0 aliphatic rings. The maximum atomic E-state index is 11.0. The summed E-state index contributed by atoms with van der Waals surface area (Å²) in [6.07, 6.45) is 0.347. The Balaban J connectivity index is 3.13. The minimum atomic E-state index is 0.0817. The highest BCUT2D eigenvalue weighted by molar-refractivity contribution is 6.32. The summed E-state index contributed by atoms with van der Waals surface area (Å²) in [5.74, 6) is 1.12. The zero-order valence-electron chi connectivity index (χ0n) is 8.96. The van der Waals surface area contributed by atoms with Gasteiger partial charge in [-0.3, -0.25) is 4.79 Å². The third-order valence-electron chi connectivity index (χ3n) is 1.95. The predicted octanol–water partition coefficient (Wildman–Crippen LogP) is 2.49. The number of hydrogen-bond acceptors (Lipinski definition) is 3. The summed E-state index contributed by atoms with van der Waals surface area (Å²) >= 11 is 5.98. The van der Waals surface area contributed by atoms with E-state index in [2.05, 4.69) is 0 Å². The van der Waals surface area contributed by atoms with Crippen molar-refractivity contribution in [1.82, 2.24) is 0 Å². The number of Topliss-reactive ketones (excluding diaryl/α,β-unsaturated/α-hetero) is 1. The van der Waals surface area contributed by atoms with Gasteiger partial charge in [-0.05, 0) is 24.6 Å². The fourth-order valence-corrected chi connectivity index (χ4v) is 1.67. The first-order chi connectivity index (χ1) is 7.08. The van der Waals surface area contributed by atoms with Gasteiger partial charge in [-0.1, -0.05) is 11.6 Å². The monoisotopic (exact) mass is 228 g/mol. The Hall–Kier alpha value is -1.22. The summed E-state index contributed by atoms with van der Waals surface area (Å²) in [4.78, 5) is 11.0. The van der Waals surface area contributed by atoms with Crippen molar-refractivity contribution in [3.05, 3.63) is 22.7 Å². The van der Waals surface area contributed by atoms with Crippen molar-refractivity contribution in [3.8, 4) is 11.5 Å². The van der Waals surface area contributed by atoms with E-state index in [0.29, 0.717) is 22.9 Å². The number of halogens is 1. The van der Waals surface area contributed by atoms with E-state index < -0.39 is 0 Å². The molecule has 0 atom stereocenters. The van der Waals surface area contributed by atoms with Crippen molar-refractivity contribution in [1.29, 1.82) is 0 Å². The maximum Gasteiger partial charge on any atom is 0.179 e. The molecule has 82 valence electrons. The lowest BCUT2D eigenvalue weighted by Crippen LogP contribution is -1.98. The van der Waals surface area contributed by atoms with Crippen LogP contribution in [0, 0.1) is 0 Å². The van der Waals surface area contributed by atoms with Crippen molar-refractivity contribution in [2.45, 2.75) is 13.3 Å². The van der Waals surface area contributed by atoms with Gasteiger partial charge in [0.05, 0.1) is 19.2 Å². The number of carbonyl (C=O) groups is 1. The summed E-state index contributed by atoms with van der Waals surface area (Å²) in [5.41, 5.74) is 0.824. The molecule has 0 bridgehead atoms. The lowest BCUT2D eigenvalue weighted by atomic mass is 10.1. The van der Waals surface area contributed by atoms with Crippen molar-refractivity contribution in [3.63, 3.8) is 0 Å². The Labute approximate surface area is 93.9 Å². The molecule has 0 fully saturated rings. The number of rotatable bonds is 4. The molecule has 15 heavy (non-hydrogen) atoms. The Morgan fingerprint density at radius 1 is 1.33 bits per heavy atom. The van der Waals surface area contributed by atoms with E-state index in [1.165, 1.54) is 21.1 Å². The van der Waals surface area contributed by atoms with E-state index in [1.54, 1.807) is 12.1 Å². The van der Waals surface area contributed by atoms with Gasteiger partial charge in [0.2, 0.25) is 0 Å². The first kappa shape index (κ1) is 11.9. The Bertz CT molecular complexity index is 374. The van der Waals surface area contributed by atoms with Crippen LogP contribution in [0.25, 0.3) is 0 Å². The average molecular weight is 229 g/mol. The predicted molar refractivity (Wildman–Crippen MR) is 58.9 cm³/mol. The van der Waals surface area contributed by atoms with Crippen LogP contribution in [-0.4, -0.2) is 20.0 Å². The third kappa shape index (κ3) is 2.86. The fraction of sp³-hybridized carbons (Fsp3) is 0.364. The molecule has 0 radical (unpaired) electrons. The van der Waals surface area contributed by atoms with Crippen LogP contribution in [0.3, 0.4) is 0 Å². The normalized spacial score (nSPS) is 9.87.